The summed E-state index contributed by atoms with van der Waals surface area (Å²) in [6, 6.07) is 7.23. The predicted octanol–water partition coefficient (Wildman–Crippen LogP) is 3.12. The lowest BCUT2D eigenvalue weighted by Gasteiger charge is -2.09. The van der Waals surface area contributed by atoms with E-state index in [2.05, 4.69) is 5.32 Å². The van der Waals surface area contributed by atoms with Crippen LogP contribution in [0.3, 0.4) is 0 Å². The van der Waals surface area contributed by atoms with Gasteiger partial charge in [-0.3, -0.25) is 10.1 Å². The first-order valence-corrected chi connectivity index (χ1v) is 5.68. The SMILES string of the molecule is Cc1c(F)cc(C#N)cc1NCc1ccc([N+](=O)[O-])o1. The summed E-state index contributed by atoms with van der Waals surface area (Å²) < 4.78 is 18.5. The quantitative estimate of drug-likeness (QED) is 0.683. The van der Waals surface area contributed by atoms with E-state index in [-0.39, 0.29) is 18.0 Å². The smallest absolute Gasteiger partial charge is 0.404 e. The number of hydrogen-bond donors (Lipinski definition) is 1. The third-order valence-corrected chi connectivity index (χ3v) is 2.75. The molecule has 0 bridgehead atoms. The Bertz CT molecular complexity index is 703. The van der Waals surface area contributed by atoms with Crippen LogP contribution in [0.25, 0.3) is 0 Å². The third-order valence-electron chi connectivity index (χ3n) is 2.75. The summed E-state index contributed by atoms with van der Waals surface area (Å²) in [7, 11) is 0. The van der Waals surface area contributed by atoms with Gasteiger partial charge in [0, 0.05) is 11.3 Å². The van der Waals surface area contributed by atoms with Gasteiger partial charge < -0.3 is 9.73 Å². The van der Waals surface area contributed by atoms with Crippen molar-refractivity contribution in [1.29, 1.82) is 5.26 Å². The van der Waals surface area contributed by atoms with Crippen LogP contribution < -0.4 is 5.32 Å². The van der Waals surface area contributed by atoms with Gasteiger partial charge in [-0.2, -0.15) is 5.26 Å². The summed E-state index contributed by atoms with van der Waals surface area (Å²) in [4.78, 5) is 9.84. The highest BCUT2D eigenvalue weighted by Crippen LogP contribution is 2.22. The highest BCUT2D eigenvalue weighted by atomic mass is 19.1. The van der Waals surface area contributed by atoms with E-state index in [1.807, 2.05) is 6.07 Å². The molecule has 0 aliphatic rings. The molecule has 7 heteroatoms. The molecule has 20 heavy (non-hydrogen) atoms. The fourth-order valence-electron chi connectivity index (χ4n) is 1.67. The molecule has 0 aliphatic carbocycles. The minimum absolute atomic E-state index is 0.156. The second kappa shape index (κ2) is 5.40. The van der Waals surface area contributed by atoms with Crippen LogP contribution in [-0.2, 0) is 6.54 Å². The Morgan fingerprint density at radius 2 is 2.25 bits per heavy atom. The average molecular weight is 275 g/mol. The van der Waals surface area contributed by atoms with Crippen molar-refractivity contribution in [3.63, 3.8) is 0 Å². The van der Waals surface area contributed by atoms with E-state index in [1.165, 1.54) is 18.2 Å². The van der Waals surface area contributed by atoms with Gasteiger partial charge >= 0.3 is 5.88 Å². The van der Waals surface area contributed by atoms with Crippen molar-refractivity contribution in [1.82, 2.24) is 0 Å². The standard InChI is InChI=1S/C13H10FN3O3/c1-8-11(14)4-9(6-15)5-12(8)16-7-10-2-3-13(20-10)17(18)19/h2-5,16H,7H2,1H3. The Labute approximate surface area is 113 Å². The van der Waals surface area contributed by atoms with E-state index in [1.54, 1.807) is 6.92 Å². The second-order valence-corrected chi connectivity index (χ2v) is 4.09. The summed E-state index contributed by atoms with van der Waals surface area (Å²) >= 11 is 0. The summed E-state index contributed by atoms with van der Waals surface area (Å²) in [5.41, 5.74) is 1.01. The summed E-state index contributed by atoms with van der Waals surface area (Å²) in [5, 5.41) is 22.2. The minimum Gasteiger partial charge on any atom is -0.404 e. The Balaban J connectivity index is 2.16. The number of halogens is 1. The lowest BCUT2D eigenvalue weighted by atomic mass is 10.1. The van der Waals surface area contributed by atoms with E-state index in [4.69, 9.17) is 9.68 Å². The molecular formula is C13H10FN3O3. The van der Waals surface area contributed by atoms with Crippen LogP contribution in [0, 0.1) is 34.2 Å². The number of anilines is 1. The summed E-state index contributed by atoms with van der Waals surface area (Å²) in [5.74, 6) is -0.494. The predicted molar refractivity (Wildman–Crippen MR) is 68.5 cm³/mol. The molecule has 1 N–H and O–H groups in total. The van der Waals surface area contributed by atoms with E-state index >= 15 is 0 Å². The number of nitro groups is 1. The fraction of sp³-hybridized carbons (Fsp3) is 0.154. The van der Waals surface area contributed by atoms with E-state index < -0.39 is 10.7 Å². The molecule has 1 aromatic carbocycles. The lowest BCUT2D eigenvalue weighted by molar-refractivity contribution is -0.402. The molecule has 2 rings (SSSR count). The maximum atomic E-state index is 13.6. The number of rotatable bonds is 4. The van der Waals surface area contributed by atoms with Crippen LogP contribution in [0.4, 0.5) is 16.0 Å². The summed E-state index contributed by atoms with van der Waals surface area (Å²) in [6.45, 7) is 1.73. The third kappa shape index (κ3) is 2.75. The van der Waals surface area contributed by atoms with Crippen molar-refractivity contribution >= 4 is 11.6 Å². The minimum atomic E-state index is -0.634. The van der Waals surface area contributed by atoms with Gasteiger partial charge in [-0.25, -0.2) is 4.39 Å². The number of hydrogen-bond acceptors (Lipinski definition) is 5. The largest absolute Gasteiger partial charge is 0.433 e. The first-order valence-electron chi connectivity index (χ1n) is 5.68. The summed E-state index contributed by atoms with van der Waals surface area (Å²) in [6.07, 6.45) is 0. The zero-order valence-electron chi connectivity index (χ0n) is 10.5. The molecule has 6 nitrogen and oxygen atoms in total. The molecule has 0 saturated heterocycles. The van der Waals surface area contributed by atoms with E-state index in [0.29, 0.717) is 17.0 Å². The van der Waals surface area contributed by atoms with Crippen LogP contribution >= 0.6 is 0 Å². The second-order valence-electron chi connectivity index (χ2n) is 4.09. The van der Waals surface area contributed by atoms with Gasteiger partial charge in [0.1, 0.15) is 16.5 Å². The number of benzene rings is 1. The molecule has 0 saturated carbocycles. The first kappa shape index (κ1) is 13.5. The zero-order chi connectivity index (χ0) is 14.7. The average Bonchev–Trinajstić information content (AvgIpc) is 2.89. The van der Waals surface area contributed by atoms with Crippen molar-refractivity contribution in [3.05, 3.63) is 57.1 Å². The van der Waals surface area contributed by atoms with Gasteiger partial charge in [-0.15, -0.1) is 0 Å². The molecule has 102 valence electrons. The number of nitrogens with one attached hydrogen (secondary N) is 1. The van der Waals surface area contributed by atoms with Gasteiger partial charge in [0.25, 0.3) is 0 Å². The molecule has 2 aromatic rings. The monoisotopic (exact) mass is 275 g/mol. The lowest BCUT2D eigenvalue weighted by Crippen LogP contribution is -2.02. The van der Waals surface area contributed by atoms with Gasteiger partial charge in [0.2, 0.25) is 0 Å². The molecule has 0 spiro atoms. The van der Waals surface area contributed by atoms with Crippen LogP contribution in [0.2, 0.25) is 0 Å². The van der Waals surface area contributed by atoms with Gasteiger partial charge in [0.05, 0.1) is 24.2 Å². The highest BCUT2D eigenvalue weighted by molar-refractivity contribution is 5.55. The molecule has 0 amide bonds. The Morgan fingerprint density at radius 3 is 2.85 bits per heavy atom. The molecule has 1 heterocycles. The van der Waals surface area contributed by atoms with Crippen molar-refractivity contribution in [2.45, 2.75) is 13.5 Å². The molecule has 0 radical (unpaired) electrons. The van der Waals surface area contributed by atoms with Crippen molar-refractivity contribution in [2.75, 3.05) is 5.32 Å². The van der Waals surface area contributed by atoms with Crippen LogP contribution in [-0.4, -0.2) is 4.92 Å². The normalized spacial score (nSPS) is 10.1. The number of furan rings is 1. The van der Waals surface area contributed by atoms with Crippen LogP contribution in [0.1, 0.15) is 16.9 Å². The maximum absolute atomic E-state index is 13.6. The van der Waals surface area contributed by atoms with Gasteiger partial charge in [0.15, 0.2) is 0 Å². The Hall–Kier alpha value is -2.88. The van der Waals surface area contributed by atoms with Gasteiger partial charge in [-0.05, 0) is 25.1 Å². The van der Waals surface area contributed by atoms with Crippen LogP contribution in [0.5, 0.6) is 0 Å². The molecule has 0 unspecified atom stereocenters. The van der Waals surface area contributed by atoms with Gasteiger partial charge in [-0.1, -0.05) is 0 Å². The van der Waals surface area contributed by atoms with Crippen molar-refractivity contribution in [2.24, 2.45) is 0 Å². The molecule has 1 aromatic heterocycles. The van der Waals surface area contributed by atoms with Crippen molar-refractivity contribution < 1.29 is 13.7 Å². The Morgan fingerprint density at radius 1 is 1.50 bits per heavy atom. The first-order chi connectivity index (χ1) is 9.51. The molecule has 0 fully saturated rings. The number of nitrogens with zero attached hydrogens (tertiary/aromatic N) is 2. The van der Waals surface area contributed by atoms with Crippen LogP contribution in [0.15, 0.2) is 28.7 Å². The highest BCUT2D eigenvalue weighted by Gasteiger charge is 2.12. The fourth-order valence-corrected chi connectivity index (χ4v) is 1.67. The molecule has 0 atom stereocenters. The van der Waals surface area contributed by atoms with E-state index in [0.717, 1.165) is 6.07 Å². The maximum Gasteiger partial charge on any atom is 0.433 e. The molecular weight excluding hydrogens is 265 g/mol. The topological polar surface area (TPSA) is 92.1 Å². The number of nitriles is 1. The molecule has 0 aliphatic heterocycles. The zero-order valence-corrected chi connectivity index (χ0v) is 10.5. The van der Waals surface area contributed by atoms with Crippen molar-refractivity contribution in [3.8, 4) is 6.07 Å². The Kier molecular flexibility index (Phi) is 3.66. The van der Waals surface area contributed by atoms with E-state index in [9.17, 15) is 14.5 Å².